The number of rotatable bonds is 7. The molecule has 32 heavy (non-hydrogen) atoms. The van der Waals surface area contributed by atoms with Crippen molar-refractivity contribution in [2.75, 3.05) is 7.11 Å². The number of aryl methyl sites for hydroxylation is 1. The number of alkyl halides is 2. The number of hydrogen-bond donors (Lipinski definition) is 1. The van der Waals surface area contributed by atoms with Gasteiger partial charge in [-0.2, -0.15) is 8.78 Å². The zero-order valence-electron chi connectivity index (χ0n) is 17.1. The Hall–Kier alpha value is -3.34. The van der Waals surface area contributed by atoms with E-state index in [0.29, 0.717) is 16.6 Å². The van der Waals surface area contributed by atoms with E-state index in [1.54, 1.807) is 25.1 Å². The molecule has 3 aromatic rings. The molecule has 0 bridgehead atoms. The lowest BCUT2D eigenvalue weighted by molar-refractivity contribution is -0.122. The van der Waals surface area contributed by atoms with Gasteiger partial charge in [0.25, 0.3) is 10.0 Å². The first-order chi connectivity index (χ1) is 15.2. The third-order valence-electron chi connectivity index (χ3n) is 5.32. The fourth-order valence-corrected chi connectivity index (χ4v) is 4.85. The molecular formula is C21H19F2N3O5S. The van der Waals surface area contributed by atoms with E-state index in [1.807, 2.05) is 0 Å². The summed E-state index contributed by atoms with van der Waals surface area (Å²) in [5.41, 5.74) is -0.0841. The number of nitrogens with zero attached hydrogens (tertiary/aromatic N) is 2. The molecule has 4 rings (SSSR count). The van der Waals surface area contributed by atoms with Crippen LogP contribution in [-0.4, -0.2) is 38.0 Å². The van der Waals surface area contributed by atoms with Gasteiger partial charge in [0.1, 0.15) is 5.75 Å². The Balaban J connectivity index is 1.70. The second kappa shape index (κ2) is 7.97. The second-order valence-corrected chi connectivity index (χ2v) is 9.04. The van der Waals surface area contributed by atoms with Crippen LogP contribution in [0.2, 0.25) is 0 Å². The van der Waals surface area contributed by atoms with Gasteiger partial charge in [-0.1, -0.05) is 6.07 Å². The molecule has 1 N–H and O–H groups in total. The number of nitrogens with one attached hydrogen (secondary N) is 1. The van der Waals surface area contributed by atoms with Crippen LogP contribution in [0.5, 0.6) is 11.6 Å². The number of carbonyl (C=O) groups excluding carboxylic acids is 1. The predicted octanol–water partition coefficient (Wildman–Crippen LogP) is 3.08. The monoisotopic (exact) mass is 463 g/mol. The number of aromatic nitrogens is 2. The molecule has 0 aliphatic heterocycles. The predicted molar refractivity (Wildman–Crippen MR) is 110 cm³/mol. The third kappa shape index (κ3) is 3.95. The molecule has 1 aromatic carbocycles. The Bertz CT molecular complexity index is 1310. The first-order valence-corrected chi connectivity index (χ1v) is 11.1. The molecule has 2 aromatic heterocycles. The standard InChI is InChI=1S/C21H19F2N3O5S/c1-12-6-7-13-15(25-12)4-3-5-17(13)32(28,29)26-19(27)21(8-9-21)14-10-18(30-2)24-11-16(14)31-20(22)23/h3-7,10-11,20H,8-9H2,1-2H3,(H,26,27). The summed E-state index contributed by atoms with van der Waals surface area (Å²) in [4.78, 5) is 21.2. The summed E-state index contributed by atoms with van der Waals surface area (Å²) in [5.74, 6) is -1.07. The minimum atomic E-state index is -4.28. The van der Waals surface area contributed by atoms with Crippen molar-refractivity contribution in [3.8, 4) is 11.6 Å². The molecule has 0 unspecified atom stereocenters. The molecule has 11 heteroatoms. The number of hydrogen-bond acceptors (Lipinski definition) is 7. The minimum absolute atomic E-state index is 0.0825. The van der Waals surface area contributed by atoms with Gasteiger partial charge in [0.2, 0.25) is 11.8 Å². The number of fused-ring (bicyclic) bond motifs is 1. The molecule has 1 fully saturated rings. The minimum Gasteiger partial charge on any atom is -0.481 e. The van der Waals surface area contributed by atoms with Crippen molar-refractivity contribution >= 4 is 26.8 Å². The maximum absolute atomic E-state index is 13.1. The van der Waals surface area contributed by atoms with E-state index >= 15 is 0 Å². The van der Waals surface area contributed by atoms with Gasteiger partial charge in [-0.3, -0.25) is 9.78 Å². The SMILES string of the molecule is COc1cc(C2(C(=O)NS(=O)(=O)c3cccc4nc(C)ccc34)CC2)c(OC(F)F)cn1. The molecular weight excluding hydrogens is 444 g/mol. The lowest BCUT2D eigenvalue weighted by Gasteiger charge is -2.20. The van der Waals surface area contributed by atoms with Crippen molar-refractivity contribution in [1.82, 2.24) is 14.7 Å². The molecule has 0 atom stereocenters. The van der Waals surface area contributed by atoms with Crippen LogP contribution in [0.1, 0.15) is 24.1 Å². The zero-order chi connectivity index (χ0) is 23.1. The van der Waals surface area contributed by atoms with Crippen molar-refractivity contribution in [2.45, 2.75) is 36.7 Å². The lowest BCUT2D eigenvalue weighted by atomic mass is 9.95. The number of carbonyl (C=O) groups is 1. The van der Waals surface area contributed by atoms with Gasteiger partial charge in [0.15, 0.2) is 0 Å². The molecule has 2 heterocycles. The molecule has 1 amide bonds. The Morgan fingerprint density at radius 1 is 1.22 bits per heavy atom. The summed E-state index contributed by atoms with van der Waals surface area (Å²) >= 11 is 0. The molecule has 1 aliphatic rings. The summed E-state index contributed by atoms with van der Waals surface area (Å²) in [7, 11) is -2.94. The van der Waals surface area contributed by atoms with Gasteiger partial charge in [-0.25, -0.2) is 18.1 Å². The third-order valence-corrected chi connectivity index (χ3v) is 6.70. The number of halogens is 2. The fourth-order valence-electron chi connectivity index (χ4n) is 3.58. The average Bonchev–Trinajstić information content (AvgIpc) is 3.54. The van der Waals surface area contributed by atoms with Gasteiger partial charge < -0.3 is 9.47 Å². The van der Waals surface area contributed by atoms with Crippen LogP contribution < -0.4 is 14.2 Å². The summed E-state index contributed by atoms with van der Waals surface area (Å²) in [6, 6.07) is 9.16. The Morgan fingerprint density at radius 3 is 2.62 bits per heavy atom. The molecule has 1 saturated carbocycles. The second-order valence-electron chi connectivity index (χ2n) is 7.39. The highest BCUT2D eigenvalue weighted by Gasteiger charge is 2.54. The molecule has 1 aliphatic carbocycles. The Labute approximate surface area is 182 Å². The van der Waals surface area contributed by atoms with Crippen LogP contribution >= 0.6 is 0 Å². The van der Waals surface area contributed by atoms with Crippen LogP contribution in [0.15, 0.2) is 47.5 Å². The van der Waals surface area contributed by atoms with Gasteiger partial charge in [0.05, 0.1) is 29.1 Å². The summed E-state index contributed by atoms with van der Waals surface area (Å²) in [6.45, 7) is -1.36. The van der Waals surface area contributed by atoms with Crippen LogP contribution in [-0.2, 0) is 20.2 Å². The molecule has 0 spiro atoms. The van der Waals surface area contributed by atoms with E-state index in [-0.39, 0.29) is 34.9 Å². The van der Waals surface area contributed by atoms with Crippen LogP contribution in [0.3, 0.4) is 0 Å². The Morgan fingerprint density at radius 2 is 1.97 bits per heavy atom. The summed E-state index contributed by atoms with van der Waals surface area (Å²) < 4.78 is 63.6. The molecule has 8 nitrogen and oxygen atoms in total. The number of methoxy groups -OCH3 is 1. The van der Waals surface area contributed by atoms with E-state index in [0.717, 1.165) is 6.20 Å². The largest absolute Gasteiger partial charge is 0.481 e. The van der Waals surface area contributed by atoms with Gasteiger partial charge >= 0.3 is 6.61 Å². The lowest BCUT2D eigenvalue weighted by Crippen LogP contribution is -2.39. The van der Waals surface area contributed by atoms with E-state index in [9.17, 15) is 22.0 Å². The smallest absolute Gasteiger partial charge is 0.387 e. The van der Waals surface area contributed by atoms with E-state index in [4.69, 9.17) is 4.74 Å². The number of pyridine rings is 2. The van der Waals surface area contributed by atoms with Gasteiger partial charge in [0, 0.05) is 22.7 Å². The number of sulfonamides is 1. The number of benzene rings is 1. The first kappa shape index (κ1) is 21.9. The van der Waals surface area contributed by atoms with Crippen molar-refractivity contribution in [3.05, 3.63) is 53.9 Å². The highest BCUT2D eigenvalue weighted by Crippen LogP contribution is 2.52. The average molecular weight is 463 g/mol. The van der Waals surface area contributed by atoms with E-state index in [1.165, 1.54) is 25.3 Å². The number of amides is 1. The topological polar surface area (TPSA) is 107 Å². The quantitative estimate of drug-likeness (QED) is 0.574. The maximum Gasteiger partial charge on any atom is 0.387 e. The maximum atomic E-state index is 13.1. The van der Waals surface area contributed by atoms with E-state index < -0.39 is 28.0 Å². The summed E-state index contributed by atoms with van der Waals surface area (Å²) in [6.07, 6.45) is 1.52. The van der Waals surface area contributed by atoms with Crippen molar-refractivity contribution in [3.63, 3.8) is 0 Å². The van der Waals surface area contributed by atoms with Gasteiger partial charge in [-0.05, 0) is 44.0 Å². The van der Waals surface area contributed by atoms with Crippen molar-refractivity contribution < 1.29 is 31.5 Å². The summed E-state index contributed by atoms with van der Waals surface area (Å²) in [5, 5.41) is 0.357. The van der Waals surface area contributed by atoms with Crippen molar-refractivity contribution in [2.24, 2.45) is 0 Å². The molecule has 0 radical (unpaired) electrons. The van der Waals surface area contributed by atoms with Crippen LogP contribution in [0.25, 0.3) is 10.9 Å². The highest BCUT2D eigenvalue weighted by molar-refractivity contribution is 7.90. The fraction of sp³-hybridized carbons (Fsp3) is 0.286. The van der Waals surface area contributed by atoms with E-state index in [2.05, 4.69) is 19.4 Å². The number of ether oxygens (including phenoxy) is 2. The van der Waals surface area contributed by atoms with Crippen LogP contribution in [0, 0.1) is 6.92 Å². The highest BCUT2D eigenvalue weighted by atomic mass is 32.2. The first-order valence-electron chi connectivity index (χ1n) is 9.59. The van der Waals surface area contributed by atoms with Crippen LogP contribution in [0.4, 0.5) is 8.78 Å². The molecule has 0 saturated heterocycles. The zero-order valence-corrected chi connectivity index (χ0v) is 17.9. The normalized spacial score (nSPS) is 14.9. The molecule has 168 valence electrons. The van der Waals surface area contributed by atoms with Crippen molar-refractivity contribution in [1.29, 1.82) is 0 Å². The van der Waals surface area contributed by atoms with Gasteiger partial charge in [-0.15, -0.1) is 0 Å². The Kier molecular flexibility index (Phi) is 5.45.